The van der Waals surface area contributed by atoms with Gasteiger partial charge in [0.15, 0.2) is 0 Å². The second-order valence-corrected chi connectivity index (χ2v) is 6.45. The Balaban J connectivity index is 1.79. The number of hydrogen-bond acceptors (Lipinski definition) is 4. The molecule has 1 heterocycles. The van der Waals surface area contributed by atoms with Gasteiger partial charge in [-0.2, -0.15) is 8.42 Å². The highest BCUT2D eigenvalue weighted by molar-refractivity contribution is 7.85. The smallest absolute Gasteiger partial charge is 0.328 e. The van der Waals surface area contributed by atoms with Crippen molar-refractivity contribution in [3.05, 3.63) is 17.9 Å². The van der Waals surface area contributed by atoms with E-state index >= 15 is 0 Å². The van der Waals surface area contributed by atoms with Crippen molar-refractivity contribution in [2.75, 3.05) is 0 Å². The van der Waals surface area contributed by atoms with Crippen molar-refractivity contribution in [2.45, 2.75) is 56.1 Å². The van der Waals surface area contributed by atoms with Gasteiger partial charge in [-0.1, -0.05) is 19.3 Å². The number of hydrogen-bond donors (Lipinski definition) is 2. The highest BCUT2D eigenvalue weighted by atomic mass is 32.2. The summed E-state index contributed by atoms with van der Waals surface area (Å²) in [5, 5.41) is 2.49. The van der Waals surface area contributed by atoms with E-state index in [1.54, 1.807) is 0 Å². The maximum absolute atomic E-state index is 11.8. The number of carbonyl (C=O) groups is 1. The van der Waals surface area contributed by atoms with Crippen molar-refractivity contribution >= 4 is 16.0 Å². The van der Waals surface area contributed by atoms with Crippen molar-refractivity contribution in [3.8, 4) is 0 Å². The number of rotatable bonds is 5. The van der Waals surface area contributed by atoms with E-state index in [9.17, 15) is 13.2 Å². The van der Waals surface area contributed by atoms with Crippen LogP contribution in [0.15, 0.2) is 21.6 Å². The van der Waals surface area contributed by atoms with Crippen LogP contribution < -0.4 is 5.32 Å². The Morgan fingerprint density at radius 3 is 2.60 bits per heavy atom. The van der Waals surface area contributed by atoms with Crippen molar-refractivity contribution in [1.82, 2.24) is 5.32 Å². The third kappa shape index (κ3) is 4.35. The molecule has 1 aromatic rings. The number of amides is 1. The van der Waals surface area contributed by atoms with Gasteiger partial charge in [0.05, 0.1) is 0 Å². The van der Waals surface area contributed by atoms with Gasteiger partial charge in [-0.15, -0.1) is 0 Å². The van der Waals surface area contributed by atoms with Gasteiger partial charge in [-0.25, -0.2) is 0 Å². The topological polar surface area (TPSA) is 96.6 Å². The van der Waals surface area contributed by atoms with Gasteiger partial charge < -0.3 is 9.73 Å². The third-order valence-electron chi connectivity index (χ3n) is 3.46. The molecule has 2 rings (SSSR count). The number of nitrogens with one attached hydrogen (secondary N) is 1. The Morgan fingerprint density at radius 1 is 1.30 bits per heavy atom. The molecule has 2 N–H and O–H groups in total. The summed E-state index contributed by atoms with van der Waals surface area (Å²) >= 11 is 0. The average Bonchev–Trinajstić information content (AvgIpc) is 2.86. The van der Waals surface area contributed by atoms with E-state index in [0.29, 0.717) is 12.2 Å². The van der Waals surface area contributed by atoms with Gasteiger partial charge in [-0.05, 0) is 25.0 Å². The lowest BCUT2D eigenvalue weighted by Crippen LogP contribution is -2.36. The molecule has 0 spiro atoms. The molecule has 1 aliphatic rings. The zero-order chi connectivity index (χ0) is 14.6. The maximum Gasteiger partial charge on any atom is 0.328 e. The summed E-state index contributed by atoms with van der Waals surface area (Å²) in [4.78, 5) is 11.8. The van der Waals surface area contributed by atoms with Gasteiger partial charge in [0.25, 0.3) is 0 Å². The first-order chi connectivity index (χ1) is 9.45. The predicted octanol–water partition coefficient (Wildman–Crippen LogP) is 1.91. The lowest BCUT2D eigenvalue weighted by Gasteiger charge is -2.22. The molecular formula is C13H19NO5S. The number of carbonyl (C=O) groups excluding carboxylic acids is 1. The highest BCUT2D eigenvalue weighted by Gasteiger charge is 2.17. The summed E-state index contributed by atoms with van der Waals surface area (Å²) in [5.41, 5.74) is 0. The van der Waals surface area contributed by atoms with E-state index < -0.39 is 15.2 Å². The summed E-state index contributed by atoms with van der Waals surface area (Å²) in [6.45, 7) is 0. The van der Waals surface area contributed by atoms with E-state index in [-0.39, 0.29) is 18.4 Å². The average molecular weight is 301 g/mol. The minimum Gasteiger partial charge on any atom is -0.447 e. The minimum absolute atomic E-state index is 0.0540. The Kier molecular flexibility index (Phi) is 4.82. The molecule has 1 saturated carbocycles. The van der Waals surface area contributed by atoms with Crippen LogP contribution in [-0.2, 0) is 21.3 Å². The molecule has 1 fully saturated rings. The second kappa shape index (κ2) is 6.41. The Hall–Kier alpha value is -1.34. The van der Waals surface area contributed by atoms with Crippen molar-refractivity contribution < 1.29 is 22.2 Å². The molecule has 0 aromatic carbocycles. The molecule has 0 unspecified atom stereocenters. The molecule has 1 aromatic heterocycles. The molecule has 1 amide bonds. The normalized spacial score (nSPS) is 17.1. The van der Waals surface area contributed by atoms with Gasteiger partial charge >= 0.3 is 10.1 Å². The molecule has 0 bridgehead atoms. The van der Waals surface area contributed by atoms with E-state index in [1.807, 2.05) is 0 Å². The quantitative estimate of drug-likeness (QED) is 0.810. The van der Waals surface area contributed by atoms with Gasteiger partial charge in [-0.3, -0.25) is 9.35 Å². The molecule has 0 atom stereocenters. The second-order valence-electron chi connectivity index (χ2n) is 5.10. The van der Waals surface area contributed by atoms with Crippen molar-refractivity contribution in [1.29, 1.82) is 0 Å². The Morgan fingerprint density at radius 2 is 2.00 bits per heavy atom. The molecule has 6 nitrogen and oxygen atoms in total. The van der Waals surface area contributed by atoms with Crippen LogP contribution in [0.5, 0.6) is 0 Å². The monoisotopic (exact) mass is 301 g/mol. The number of aryl methyl sites for hydroxylation is 1. The lowest BCUT2D eigenvalue weighted by atomic mass is 9.95. The van der Waals surface area contributed by atoms with E-state index in [0.717, 1.165) is 25.7 Å². The van der Waals surface area contributed by atoms with E-state index in [2.05, 4.69) is 5.32 Å². The molecule has 0 aliphatic heterocycles. The van der Waals surface area contributed by atoms with Gasteiger partial charge in [0.1, 0.15) is 5.76 Å². The highest BCUT2D eigenvalue weighted by Crippen LogP contribution is 2.18. The predicted molar refractivity (Wildman–Crippen MR) is 71.9 cm³/mol. The molecule has 7 heteroatoms. The first kappa shape index (κ1) is 15.1. The van der Waals surface area contributed by atoms with Crippen LogP contribution >= 0.6 is 0 Å². The van der Waals surface area contributed by atoms with Gasteiger partial charge in [0, 0.05) is 18.9 Å². The van der Waals surface area contributed by atoms with Crippen LogP contribution in [-0.4, -0.2) is 24.9 Å². The third-order valence-corrected chi connectivity index (χ3v) is 4.19. The van der Waals surface area contributed by atoms with Crippen molar-refractivity contribution in [2.24, 2.45) is 0 Å². The molecular weight excluding hydrogens is 282 g/mol. The first-order valence-corrected chi connectivity index (χ1v) is 8.25. The fourth-order valence-corrected chi connectivity index (χ4v) is 2.87. The Labute approximate surface area is 118 Å². The molecule has 112 valence electrons. The fraction of sp³-hybridized carbons (Fsp3) is 0.615. The fourth-order valence-electron chi connectivity index (χ4n) is 2.41. The summed E-state index contributed by atoms with van der Waals surface area (Å²) in [5.74, 6) is 0.318. The molecule has 1 aliphatic carbocycles. The Bertz CT molecular complexity index is 557. The summed E-state index contributed by atoms with van der Waals surface area (Å²) in [6.07, 6.45) is 6.15. The summed E-state index contributed by atoms with van der Waals surface area (Å²) in [7, 11) is -4.31. The molecule has 0 radical (unpaired) electrons. The SMILES string of the molecule is O=C(CCc1ccc(S(=O)(=O)O)o1)NC1CCCCC1. The molecule has 20 heavy (non-hydrogen) atoms. The minimum atomic E-state index is -4.31. The number of furan rings is 1. The van der Waals surface area contributed by atoms with Crippen LogP contribution in [0.2, 0.25) is 0 Å². The van der Waals surface area contributed by atoms with Crippen LogP contribution in [0.25, 0.3) is 0 Å². The maximum atomic E-state index is 11.8. The summed E-state index contributed by atoms with van der Waals surface area (Å²) in [6, 6.07) is 2.90. The summed E-state index contributed by atoms with van der Waals surface area (Å²) < 4.78 is 35.4. The van der Waals surface area contributed by atoms with Crippen LogP contribution in [0.4, 0.5) is 0 Å². The lowest BCUT2D eigenvalue weighted by molar-refractivity contribution is -0.122. The molecule has 0 saturated heterocycles. The standard InChI is InChI=1S/C13H19NO5S/c15-12(14-10-4-2-1-3-5-10)8-6-11-7-9-13(19-11)20(16,17)18/h7,9-10H,1-6,8H2,(H,14,15)(H,16,17,18). The zero-order valence-corrected chi connectivity index (χ0v) is 12.0. The van der Waals surface area contributed by atoms with Crippen LogP contribution in [0.1, 0.15) is 44.3 Å². The van der Waals surface area contributed by atoms with Crippen LogP contribution in [0.3, 0.4) is 0 Å². The first-order valence-electron chi connectivity index (χ1n) is 6.81. The van der Waals surface area contributed by atoms with Crippen molar-refractivity contribution in [3.63, 3.8) is 0 Å². The van der Waals surface area contributed by atoms with E-state index in [4.69, 9.17) is 8.97 Å². The van der Waals surface area contributed by atoms with E-state index in [1.165, 1.54) is 18.6 Å². The largest absolute Gasteiger partial charge is 0.447 e. The van der Waals surface area contributed by atoms with Crippen LogP contribution in [0, 0.1) is 0 Å². The van der Waals surface area contributed by atoms with Gasteiger partial charge in [0.2, 0.25) is 11.0 Å². The zero-order valence-electron chi connectivity index (χ0n) is 11.2.